The van der Waals surface area contributed by atoms with Gasteiger partial charge in [0.2, 0.25) is 0 Å². The molecule has 2 aliphatic rings. The van der Waals surface area contributed by atoms with Gasteiger partial charge in [0.15, 0.2) is 0 Å². The van der Waals surface area contributed by atoms with E-state index in [1.165, 1.54) is 128 Å². The van der Waals surface area contributed by atoms with Gasteiger partial charge in [-0.25, -0.2) is 0 Å². The molecule has 0 amide bonds. The Kier molecular flexibility index (Phi) is 35.7. The van der Waals surface area contributed by atoms with Crippen LogP contribution in [0.4, 0.5) is 0 Å². The molecule has 0 bridgehead atoms. The summed E-state index contributed by atoms with van der Waals surface area (Å²) >= 11 is 0. The molecule has 0 spiro atoms. The van der Waals surface area contributed by atoms with Crippen molar-refractivity contribution in [3.63, 3.8) is 0 Å². The van der Waals surface area contributed by atoms with Gasteiger partial charge in [-0.1, -0.05) is 153 Å². The predicted octanol–water partition coefficient (Wildman–Crippen LogP) is 14.8. The molecule has 3 N–H and O–H groups in total. The van der Waals surface area contributed by atoms with E-state index >= 15 is 0 Å². The highest BCUT2D eigenvalue weighted by atomic mass is 16.5. The molecule has 4 atom stereocenters. The van der Waals surface area contributed by atoms with Crippen LogP contribution in [0.25, 0.3) is 0 Å². The van der Waals surface area contributed by atoms with Gasteiger partial charge in [-0.2, -0.15) is 0 Å². The van der Waals surface area contributed by atoms with Crippen LogP contribution >= 0.6 is 0 Å². The topological polar surface area (TPSA) is 65.7 Å². The first-order valence-electron chi connectivity index (χ1n) is 25.3. The number of hydrogen-bond acceptors (Lipinski definition) is 5. The summed E-state index contributed by atoms with van der Waals surface area (Å²) in [4.78, 5) is 0. The number of ether oxygens (including phenoxy) is 3. The van der Waals surface area contributed by atoms with E-state index in [2.05, 4.69) is 74.4 Å². The molecule has 1 aliphatic carbocycles. The van der Waals surface area contributed by atoms with Crippen molar-refractivity contribution in [1.29, 1.82) is 0 Å². The van der Waals surface area contributed by atoms with Crippen LogP contribution in [0.15, 0.2) is 60.9 Å². The van der Waals surface area contributed by atoms with E-state index in [0.29, 0.717) is 11.8 Å². The van der Waals surface area contributed by atoms with Crippen molar-refractivity contribution in [3.05, 3.63) is 60.9 Å². The summed E-state index contributed by atoms with van der Waals surface area (Å²) in [6, 6.07) is 0.108. The number of nitrogens with one attached hydrogen (secondary N) is 1. The molecule has 1 aliphatic heterocycles. The van der Waals surface area contributed by atoms with Crippen LogP contribution in [0.5, 0.6) is 0 Å². The fourth-order valence-electron chi connectivity index (χ4n) is 8.55. The molecule has 2 rings (SSSR count). The number of piperidine rings is 1. The second-order valence-electron chi connectivity index (χ2n) is 17.7. The first-order valence-corrected chi connectivity index (χ1v) is 25.3. The average Bonchev–Trinajstić information content (AvgIpc) is 3.58. The first kappa shape index (κ1) is 52.5. The maximum atomic E-state index is 6.79. The molecule has 2 fully saturated rings. The Balaban J connectivity index is 1.58. The van der Waals surface area contributed by atoms with Crippen molar-refractivity contribution in [2.45, 2.75) is 231 Å². The van der Waals surface area contributed by atoms with Gasteiger partial charge < -0.3 is 25.3 Å². The van der Waals surface area contributed by atoms with E-state index < -0.39 is 0 Å². The van der Waals surface area contributed by atoms with Gasteiger partial charge >= 0.3 is 0 Å². The van der Waals surface area contributed by atoms with Crippen LogP contribution in [0.1, 0.15) is 213 Å². The van der Waals surface area contributed by atoms with Gasteiger partial charge in [0, 0.05) is 25.2 Å². The zero-order valence-corrected chi connectivity index (χ0v) is 38.5. The lowest BCUT2D eigenvalue weighted by Crippen LogP contribution is -2.38. The minimum Gasteiger partial charge on any atom is -0.493 e. The summed E-state index contributed by atoms with van der Waals surface area (Å²) in [7, 11) is 0. The molecule has 336 valence electrons. The quantitative estimate of drug-likeness (QED) is 0.0367. The van der Waals surface area contributed by atoms with E-state index in [1.54, 1.807) is 0 Å². The van der Waals surface area contributed by atoms with E-state index in [9.17, 15) is 0 Å². The third kappa shape index (κ3) is 29.5. The van der Waals surface area contributed by atoms with Gasteiger partial charge in [0.25, 0.3) is 0 Å². The molecular weight excluding hydrogens is 713 g/mol. The number of nitrogens with two attached hydrogens (primary N) is 1. The zero-order valence-electron chi connectivity index (χ0n) is 38.5. The average molecular weight is 809 g/mol. The molecule has 0 radical (unpaired) electrons. The normalized spacial score (nSPS) is 19.8. The Labute approximate surface area is 360 Å². The van der Waals surface area contributed by atoms with Crippen LogP contribution in [-0.2, 0) is 14.2 Å². The molecule has 0 aromatic rings. The Bertz CT molecular complexity index is 1030. The Morgan fingerprint density at radius 2 is 1.10 bits per heavy atom. The largest absolute Gasteiger partial charge is 0.493 e. The van der Waals surface area contributed by atoms with Gasteiger partial charge in [-0.15, -0.1) is 0 Å². The lowest BCUT2D eigenvalue weighted by molar-refractivity contribution is -0.0240. The molecule has 4 unspecified atom stereocenters. The molecule has 58 heavy (non-hydrogen) atoms. The molecule has 1 saturated heterocycles. The monoisotopic (exact) mass is 809 g/mol. The van der Waals surface area contributed by atoms with Crippen LogP contribution in [0.3, 0.4) is 0 Å². The van der Waals surface area contributed by atoms with Crippen LogP contribution < -0.4 is 11.1 Å². The highest BCUT2D eigenvalue weighted by Crippen LogP contribution is 2.34. The Hall–Kier alpha value is -1.66. The molecule has 5 heteroatoms. The SMILES string of the molecule is C=C(OC1CCC(CCCC(COCCCCCCCC/C=C\C/C=C\CCCCC)OCCCCCCCC/C=C\C/C=C\CCCCC)C1N)C1CCNCC1. The first-order chi connectivity index (χ1) is 28.7. The molecule has 0 aromatic heterocycles. The summed E-state index contributed by atoms with van der Waals surface area (Å²) in [6.07, 6.45) is 57.5. The standard InChI is InChI=1S/C53H96N2O3/c1-4-6-8-10-12-14-16-18-20-22-24-26-28-30-32-34-45-56-47-51(57-46-35-33-31-29-27-25-23-21-19-17-15-13-11-9-7-5-2)38-36-37-50-39-40-52(53(50)54)58-48(3)49-41-43-55-44-42-49/h12-15,18-21,49-53,55H,3-11,16-17,22-47,54H2,1-2H3/b14-12-,15-13-,20-18-,21-19-. The summed E-state index contributed by atoms with van der Waals surface area (Å²) in [5, 5.41) is 3.45. The zero-order chi connectivity index (χ0) is 41.4. The van der Waals surface area contributed by atoms with Crippen LogP contribution in [0, 0.1) is 11.8 Å². The van der Waals surface area contributed by atoms with Gasteiger partial charge in [0.1, 0.15) is 6.10 Å². The number of allylic oxidation sites excluding steroid dienone is 9. The second kappa shape index (κ2) is 39.5. The minimum absolute atomic E-state index is 0.108. The smallest absolute Gasteiger partial charge is 0.113 e. The minimum atomic E-state index is 0.108. The molecule has 0 aromatic carbocycles. The third-order valence-corrected chi connectivity index (χ3v) is 12.5. The number of unbranched alkanes of at least 4 members (excludes halogenated alkanes) is 18. The van der Waals surface area contributed by atoms with Crippen molar-refractivity contribution >= 4 is 0 Å². The van der Waals surface area contributed by atoms with Crippen molar-refractivity contribution in [2.24, 2.45) is 17.6 Å². The van der Waals surface area contributed by atoms with Crippen molar-refractivity contribution in [2.75, 3.05) is 32.9 Å². The second-order valence-corrected chi connectivity index (χ2v) is 17.7. The highest BCUT2D eigenvalue weighted by molar-refractivity contribution is 4.99. The fourth-order valence-corrected chi connectivity index (χ4v) is 8.55. The van der Waals surface area contributed by atoms with Gasteiger partial charge in [-0.3, -0.25) is 0 Å². The summed E-state index contributed by atoms with van der Waals surface area (Å²) < 4.78 is 19.2. The lowest BCUT2D eigenvalue weighted by atomic mass is 9.95. The lowest BCUT2D eigenvalue weighted by Gasteiger charge is -2.29. The Morgan fingerprint density at radius 3 is 1.66 bits per heavy atom. The molecular formula is C53H96N2O3. The third-order valence-electron chi connectivity index (χ3n) is 12.5. The van der Waals surface area contributed by atoms with E-state index in [-0.39, 0.29) is 18.2 Å². The van der Waals surface area contributed by atoms with E-state index in [1.807, 2.05) is 0 Å². The Morgan fingerprint density at radius 1 is 0.603 bits per heavy atom. The predicted molar refractivity (Wildman–Crippen MR) is 253 cm³/mol. The van der Waals surface area contributed by atoms with E-state index in [0.717, 1.165) is 109 Å². The van der Waals surface area contributed by atoms with Gasteiger partial charge in [-0.05, 0) is 135 Å². The number of hydrogen-bond donors (Lipinski definition) is 2. The maximum absolute atomic E-state index is 6.79. The summed E-state index contributed by atoms with van der Waals surface area (Å²) in [5.41, 5.74) is 6.79. The van der Waals surface area contributed by atoms with Crippen molar-refractivity contribution in [3.8, 4) is 0 Å². The molecule has 5 nitrogen and oxygen atoms in total. The number of rotatable bonds is 40. The molecule has 1 saturated carbocycles. The summed E-state index contributed by atoms with van der Waals surface area (Å²) in [6.45, 7) is 13.4. The van der Waals surface area contributed by atoms with Gasteiger partial charge in [0.05, 0.1) is 18.5 Å². The maximum Gasteiger partial charge on any atom is 0.113 e. The van der Waals surface area contributed by atoms with E-state index in [4.69, 9.17) is 19.9 Å². The van der Waals surface area contributed by atoms with Crippen molar-refractivity contribution in [1.82, 2.24) is 5.32 Å². The summed E-state index contributed by atoms with van der Waals surface area (Å²) in [5.74, 6) is 1.97. The molecule has 1 heterocycles. The van der Waals surface area contributed by atoms with Crippen LogP contribution in [-0.4, -0.2) is 51.2 Å². The highest BCUT2D eigenvalue weighted by Gasteiger charge is 2.35. The fraction of sp³-hybridized carbons (Fsp3) is 0.811. The van der Waals surface area contributed by atoms with Crippen molar-refractivity contribution < 1.29 is 14.2 Å². The van der Waals surface area contributed by atoms with Crippen LogP contribution in [0.2, 0.25) is 0 Å².